The standard InChI is InChI=1S/C22H22N4O3/c1-13(2)21-24-18-6-4-3-5-17(18)22(28)26(21)12-16-10-20(29-25-16)14-7-8-15(11-23)19(27)9-14/h7-10,13,27H,3-6,12H2,1-2H3. The lowest BCUT2D eigenvalue weighted by Crippen LogP contribution is -2.32. The van der Waals surface area contributed by atoms with Crippen molar-refractivity contribution in [3.05, 3.63) is 63.0 Å². The Hall–Kier alpha value is -3.40. The molecule has 29 heavy (non-hydrogen) atoms. The summed E-state index contributed by atoms with van der Waals surface area (Å²) in [6.07, 6.45) is 3.72. The number of hydrogen-bond acceptors (Lipinski definition) is 6. The molecule has 7 heteroatoms. The summed E-state index contributed by atoms with van der Waals surface area (Å²) in [5, 5.41) is 23.0. The number of aryl methyl sites for hydroxylation is 1. The van der Waals surface area contributed by atoms with Gasteiger partial charge in [0, 0.05) is 23.1 Å². The Kier molecular flexibility index (Phi) is 4.93. The number of hydrogen-bond donors (Lipinski definition) is 1. The zero-order valence-electron chi connectivity index (χ0n) is 16.5. The molecule has 3 aromatic rings. The number of aromatic hydroxyl groups is 1. The average Bonchev–Trinajstić information content (AvgIpc) is 3.18. The molecule has 2 aromatic heterocycles. The maximum atomic E-state index is 13.1. The van der Waals surface area contributed by atoms with Gasteiger partial charge in [0.2, 0.25) is 0 Å². The molecule has 0 radical (unpaired) electrons. The van der Waals surface area contributed by atoms with Gasteiger partial charge >= 0.3 is 0 Å². The molecule has 0 spiro atoms. The van der Waals surface area contributed by atoms with Gasteiger partial charge in [-0.3, -0.25) is 9.36 Å². The molecule has 1 aliphatic rings. The summed E-state index contributed by atoms with van der Waals surface area (Å²) in [7, 11) is 0. The molecule has 0 atom stereocenters. The first-order chi connectivity index (χ1) is 14.0. The molecule has 7 nitrogen and oxygen atoms in total. The lowest BCUT2D eigenvalue weighted by atomic mass is 9.96. The van der Waals surface area contributed by atoms with Crippen LogP contribution in [0.2, 0.25) is 0 Å². The maximum absolute atomic E-state index is 13.1. The van der Waals surface area contributed by atoms with Gasteiger partial charge in [0.1, 0.15) is 23.3 Å². The van der Waals surface area contributed by atoms with Crippen molar-refractivity contribution in [2.45, 2.75) is 52.0 Å². The van der Waals surface area contributed by atoms with Gasteiger partial charge in [-0.25, -0.2) is 4.98 Å². The zero-order valence-corrected chi connectivity index (χ0v) is 16.5. The highest BCUT2D eigenvalue weighted by atomic mass is 16.5. The van der Waals surface area contributed by atoms with Gasteiger partial charge in [-0.1, -0.05) is 19.0 Å². The molecule has 0 bridgehead atoms. The number of phenols is 1. The molecule has 0 fully saturated rings. The van der Waals surface area contributed by atoms with E-state index in [1.807, 2.05) is 19.9 Å². The number of aromatic nitrogens is 3. The molecule has 1 N–H and O–H groups in total. The number of fused-ring (bicyclic) bond motifs is 1. The molecular weight excluding hydrogens is 368 g/mol. The summed E-state index contributed by atoms with van der Waals surface area (Å²) in [5.41, 5.74) is 3.18. The SMILES string of the molecule is CC(C)c1nc2c(c(=O)n1Cc1cc(-c3ccc(C#N)c(O)c3)on1)CCCC2. The van der Waals surface area contributed by atoms with E-state index in [-0.39, 0.29) is 29.3 Å². The fraction of sp³-hybridized carbons (Fsp3) is 0.364. The Morgan fingerprint density at radius 3 is 2.79 bits per heavy atom. The Morgan fingerprint density at radius 2 is 2.07 bits per heavy atom. The van der Waals surface area contributed by atoms with Crippen molar-refractivity contribution >= 4 is 0 Å². The van der Waals surface area contributed by atoms with Crippen LogP contribution in [0.4, 0.5) is 0 Å². The van der Waals surface area contributed by atoms with E-state index in [1.54, 1.807) is 16.7 Å². The smallest absolute Gasteiger partial charge is 0.257 e. The second-order valence-corrected chi connectivity index (χ2v) is 7.67. The van der Waals surface area contributed by atoms with Crippen molar-refractivity contribution in [2.75, 3.05) is 0 Å². The Labute approximate surface area is 168 Å². The normalized spacial score (nSPS) is 13.3. The van der Waals surface area contributed by atoms with Crippen molar-refractivity contribution in [1.29, 1.82) is 5.26 Å². The fourth-order valence-electron chi connectivity index (χ4n) is 3.77. The van der Waals surface area contributed by atoms with Gasteiger partial charge < -0.3 is 9.63 Å². The van der Waals surface area contributed by atoms with E-state index in [0.29, 0.717) is 17.0 Å². The van der Waals surface area contributed by atoms with Crippen LogP contribution in [0.25, 0.3) is 11.3 Å². The number of phenolic OH excluding ortho intramolecular Hbond substituents is 1. The van der Waals surface area contributed by atoms with Crippen LogP contribution in [-0.2, 0) is 19.4 Å². The molecule has 148 valence electrons. The zero-order chi connectivity index (χ0) is 20.5. The highest BCUT2D eigenvalue weighted by Gasteiger charge is 2.21. The van der Waals surface area contributed by atoms with Crippen LogP contribution in [0.1, 0.15) is 60.9 Å². The van der Waals surface area contributed by atoms with E-state index in [4.69, 9.17) is 14.8 Å². The minimum absolute atomic E-state index is 0.0129. The van der Waals surface area contributed by atoms with Gasteiger partial charge in [-0.15, -0.1) is 0 Å². The molecule has 4 rings (SSSR count). The van der Waals surface area contributed by atoms with Crippen LogP contribution < -0.4 is 5.56 Å². The monoisotopic (exact) mass is 390 g/mol. The second-order valence-electron chi connectivity index (χ2n) is 7.67. The minimum atomic E-state index is -0.111. The largest absolute Gasteiger partial charge is 0.507 e. The molecule has 0 amide bonds. The number of benzene rings is 1. The Morgan fingerprint density at radius 1 is 1.28 bits per heavy atom. The third-order valence-electron chi connectivity index (χ3n) is 5.27. The summed E-state index contributed by atoms with van der Waals surface area (Å²) >= 11 is 0. The van der Waals surface area contributed by atoms with E-state index < -0.39 is 0 Å². The van der Waals surface area contributed by atoms with E-state index in [0.717, 1.165) is 42.8 Å². The lowest BCUT2D eigenvalue weighted by Gasteiger charge is -2.20. The van der Waals surface area contributed by atoms with Crippen LogP contribution >= 0.6 is 0 Å². The Bertz CT molecular complexity index is 1170. The van der Waals surface area contributed by atoms with Crippen molar-refractivity contribution in [3.63, 3.8) is 0 Å². The average molecular weight is 390 g/mol. The van der Waals surface area contributed by atoms with E-state index in [9.17, 15) is 9.90 Å². The summed E-state index contributed by atoms with van der Waals surface area (Å²) in [4.78, 5) is 17.9. The van der Waals surface area contributed by atoms with Gasteiger partial charge in [0.05, 0.1) is 17.8 Å². The van der Waals surface area contributed by atoms with Gasteiger partial charge in [0.25, 0.3) is 5.56 Å². The molecule has 2 heterocycles. The predicted molar refractivity (Wildman–Crippen MR) is 107 cm³/mol. The number of nitrogens with zero attached hydrogens (tertiary/aromatic N) is 4. The maximum Gasteiger partial charge on any atom is 0.257 e. The minimum Gasteiger partial charge on any atom is -0.507 e. The third-order valence-corrected chi connectivity index (χ3v) is 5.27. The van der Waals surface area contributed by atoms with E-state index >= 15 is 0 Å². The highest BCUT2D eigenvalue weighted by Crippen LogP contribution is 2.27. The molecule has 0 saturated carbocycles. The van der Waals surface area contributed by atoms with Gasteiger partial charge in [0.15, 0.2) is 5.76 Å². The second kappa shape index (κ2) is 7.55. The van der Waals surface area contributed by atoms with Crippen LogP contribution in [0.3, 0.4) is 0 Å². The van der Waals surface area contributed by atoms with Crippen LogP contribution in [0.15, 0.2) is 33.6 Å². The molecule has 0 aliphatic heterocycles. The van der Waals surface area contributed by atoms with Crippen LogP contribution in [0.5, 0.6) is 5.75 Å². The van der Waals surface area contributed by atoms with Crippen molar-refractivity contribution in [3.8, 4) is 23.1 Å². The van der Waals surface area contributed by atoms with E-state index in [1.165, 1.54) is 12.1 Å². The van der Waals surface area contributed by atoms with E-state index in [2.05, 4.69) is 5.16 Å². The van der Waals surface area contributed by atoms with Crippen molar-refractivity contribution < 1.29 is 9.63 Å². The predicted octanol–water partition coefficient (Wildman–Crippen LogP) is 3.53. The quantitative estimate of drug-likeness (QED) is 0.731. The molecule has 1 aliphatic carbocycles. The summed E-state index contributed by atoms with van der Waals surface area (Å²) in [6, 6.07) is 8.35. The van der Waals surface area contributed by atoms with Gasteiger partial charge in [-0.2, -0.15) is 5.26 Å². The third kappa shape index (κ3) is 3.54. The first-order valence-electron chi connectivity index (χ1n) is 9.79. The van der Waals surface area contributed by atoms with Gasteiger partial charge in [-0.05, 0) is 43.9 Å². The number of rotatable bonds is 4. The van der Waals surface area contributed by atoms with Crippen molar-refractivity contribution in [1.82, 2.24) is 14.7 Å². The molecule has 0 saturated heterocycles. The molecular formula is C22H22N4O3. The Balaban J connectivity index is 1.70. The molecule has 1 aromatic carbocycles. The van der Waals surface area contributed by atoms with Crippen LogP contribution in [-0.4, -0.2) is 19.8 Å². The first-order valence-corrected chi connectivity index (χ1v) is 9.79. The molecule has 0 unspecified atom stereocenters. The lowest BCUT2D eigenvalue weighted by molar-refractivity contribution is 0.418. The fourth-order valence-corrected chi connectivity index (χ4v) is 3.77. The highest BCUT2D eigenvalue weighted by molar-refractivity contribution is 5.62. The van der Waals surface area contributed by atoms with Crippen molar-refractivity contribution in [2.24, 2.45) is 0 Å². The summed E-state index contributed by atoms with van der Waals surface area (Å²) in [5.74, 6) is 1.22. The number of nitriles is 1. The van der Waals surface area contributed by atoms with Crippen LogP contribution in [0, 0.1) is 11.3 Å². The summed E-state index contributed by atoms with van der Waals surface area (Å²) in [6.45, 7) is 4.33. The topological polar surface area (TPSA) is 105 Å². The first kappa shape index (κ1) is 18.9. The summed E-state index contributed by atoms with van der Waals surface area (Å²) < 4.78 is 7.13.